The van der Waals surface area contributed by atoms with E-state index in [1.807, 2.05) is 19.1 Å². The van der Waals surface area contributed by atoms with Gasteiger partial charge in [-0.2, -0.15) is 0 Å². The Balaban J connectivity index is 1.99. The zero-order valence-corrected chi connectivity index (χ0v) is 12.8. The van der Waals surface area contributed by atoms with Crippen LogP contribution in [0.4, 0.5) is 0 Å². The molecule has 1 aliphatic rings. The van der Waals surface area contributed by atoms with Crippen LogP contribution in [-0.4, -0.2) is 53.0 Å². The summed E-state index contributed by atoms with van der Waals surface area (Å²) in [5, 5.41) is 8.66. The monoisotopic (exact) mass is 306 g/mol. The first-order valence-corrected chi connectivity index (χ1v) is 7.74. The van der Waals surface area contributed by atoms with Gasteiger partial charge in [-0.3, -0.25) is 9.59 Å². The maximum Gasteiger partial charge on any atom is 0.312 e. The number of carbonyl (C=O) groups is 2. The van der Waals surface area contributed by atoms with Crippen LogP contribution in [-0.2, 0) is 16.1 Å². The molecule has 6 heteroatoms. The number of aliphatic hydroxyl groups excluding tert-OH is 1. The molecule has 21 heavy (non-hydrogen) atoms. The molecule has 1 saturated heterocycles. The first-order valence-electron chi connectivity index (χ1n) is 6.92. The number of amides is 2. The second kappa shape index (κ2) is 7.25. The summed E-state index contributed by atoms with van der Waals surface area (Å²) in [4.78, 5) is 29.1. The van der Waals surface area contributed by atoms with Crippen LogP contribution >= 0.6 is 11.3 Å². The van der Waals surface area contributed by atoms with E-state index in [9.17, 15) is 9.59 Å². The number of aliphatic hydroxyl groups is 1. The van der Waals surface area contributed by atoms with Crippen LogP contribution < -0.4 is 0 Å². The van der Waals surface area contributed by atoms with Crippen molar-refractivity contribution in [2.45, 2.75) is 19.9 Å². The van der Waals surface area contributed by atoms with Crippen molar-refractivity contribution in [2.24, 2.45) is 0 Å². The van der Waals surface area contributed by atoms with E-state index in [-0.39, 0.29) is 6.61 Å². The van der Waals surface area contributed by atoms with Crippen molar-refractivity contribution >= 4 is 23.2 Å². The van der Waals surface area contributed by atoms with Gasteiger partial charge in [0.25, 0.3) is 0 Å². The number of nitrogens with zero attached hydrogens (tertiary/aromatic N) is 2. The van der Waals surface area contributed by atoms with Crippen LogP contribution in [0.2, 0.25) is 0 Å². The summed E-state index contributed by atoms with van der Waals surface area (Å²) in [7, 11) is 0. The summed E-state index contributed by atoms with van der Waals surface area (Å²) in [6.07, 6.45) is 0.858. The fraction of sp³-hybridized carbons (Fsp3) is 0.467. The Labute approximate surface area is 128 Å². The van der Waals surface area contributed by atoms with Gasteiger partial charge in [-0.1, -0.05) is 18.8 Å². The van der Waals surface area contributed by atoms with Gasteiger partial charge >= 0.3 is 11.8 Å². The fourth-order valence-corrected chi connectivity index (χ4v) is 3.09. The van der Waals surface area contributed by atoms with Gasteiger partial charge in [0.15, 0.2) is 0 Å². The predicted molar refractivity (Wildman–Crippen MR) is 80.6 cm³/mol. The van der Waals surface area contributed by atoms with Gasteiger partial charge in [-0.15, -0.1) is 11.3 Å². The molecule has 0 aromatic carbocycles. The Morgan fingerprint density at radius 1 is 1.24 bits per heavy atom. The lowest BCUT2D eigenvalue weighted by Crippen LogP contribution is -2.53. The van der Waals surface area contributed by atoms with E-state index in [1.165, 1.54) is 11.3 Å². The van der Waals surface area contributed by atoms with Crippen LogP contribution in [0.15, 0.2) is 12.1 Å². The van der Waals surface area contributed by atoms with Crippen LogP contribution in [0.1, 0.15) is 23.1 Å². The lowest BCUT2D eigenvalue weighted by atomic mass is 10.2. The molecule has 1 fully saturated rings. The van der Waals surface area contributed by atoms with Gasteiger partial charge in [-0.25, -0.2) is 0 Å². The van der Waals surface area contributed by atoms with E-state index in [0.717, 1.165) is 16.2 Å². The quantitative estimate of drug-likeness (QED) is 0.657. The Hall–Kier alpha value is -1.84. The molecule has 2 heterocycles. The van der Waals surface area contributed by atoms with Crippen molar-refractivity contribution in [3.8, 4) is 11.8 Å². The number of hydrogen-bond donors (Lipinski definition) is 1. The highest BCUT2D eigenvalue weighted by Crippen LogP contribution is 2.19. The highest BCUT2D eigenvalue weighted by atomic mass is 32.1. The first-order chi connectivity index (χ1) is 10.2. The van der Waals surface area contributed by atoms with Crippen molar-refractivity contribution in [3.05, 3.63) is 21.9 Å². The smallest absolute Gasteiger partial charge is 0.312 e. The van der Waals surface area contributed by atoms with E-state index in [0.29, 0.717) is 26.2 Å². The van der Waals surface area contributed by atoms with Crippen LogP contribution in [0.3, 0.4) is 0 Å². The molecule has 0 spiro atoms. The lowest BCUT2D eigenvalue weighted by molar-refractivity contribution is -0.156. The molecular formula is C15H18N2O3S. The zero-order chi connectivity index (χ0) is 15.2. The third kappa shape index (κ3) is 3.84. The van der Waals surface area contributed by atoms with Gasteiger partial charge in [0.1, 0.15) is 6.61 Å². The summed E-state index contributed by atoms with van der Waals surface area (Å²) in [6, 6.07) is 3.77. The van der Waals surface area contributed by atoms with E-state index in [1.54, 1.807) is 9.80 Å². The van der Waals surface area contributed by atoms with Crippen LogP contribution in [0.5, 0.6) is 0 Å². The summed E-state index contributed by atoms with van der Waals surface area (Å²) >= 11 is 1.48. The Morgan fingerprint density at radius 2 is 1.95 bits per heavy atom. The maximum atomic E-state index is 12.1. The molecule has 0 bridgehead atoms. The highest BCUT2D eigenvalue weighted by Gasteiger charge is 2.31. The van der Waals surface area contributed by atoms with E-state index in [2.05, 4.69) is 11.8 Å². The van der Waals surface area contributed by atoms with E-state index in [4.69, 9.17) is 5.11 Å². The second-order valence-corrected chi connectivity index (χ2v) is 5.91. The summed E-state index contributed by atoms with van der Waals surface area (Å²) < 4.78 is 0. The van der Waals surface area contributed by atoms with Crippen molar-refractivity contribution in [2.75, 3.05) is 26.2 Å². The average Bonchev–Trinajstić information content (AvgIpc) is 2.92. The summed E-state index contributed by atoms with van der Waals surface area (Å²) in [5.74, 6) is 4.60. The van der Waals surface area contributed by atoms with E-state index < -0.39 is 11.8 Å². The van der Waals surface area contributed by atoms with E-state index >= 15 is 0 Å². The molecule has 5 nitrogen and oxygen atoms in total. The fourth-order valence-electron chi connectivity index (χ4n) is 2.19. The molecular weight excluding hydrogens is 288 g/mol. The molecule has 1 aromatic rings. The highest BCUT2D eigenvalue weighted by molar-refractivity contribution is 7.12. The topological polar surface area (TPSA) is 60.9 Å². The zero-order valence-electron chi connectivity index (χ0n) is 12.0. The lowest BCUT2D eigenvalue weighted by Gasteiger charge is -2.33. The number of thiophene rings is 1. The molecule has 0 saturated carbocycles. The minimum atomic E-state index is -0.425. The van der Waals surface area contributed by atoms with Crippen molar-refractivity contribution < 1.29 is 14.7 Å². The summed E-state index contributed by atoms with van der Waals surface area (Å²) in [6.45, 7) is 4.07. The van der Waals surface area contributed by atoms with Crippen molar-refractivity contribution in [3.63, 3.8) is 0 Å². The largest absolute Gasteiger partial charge is 0.384 e. The molecule has 0 atom stereocenters. The number of piperazine rings is 1. The normalized spacial score (nSPS) is 15.1. The second-order valence-electron chi connectivity index (χ2n) is 4.74. The molecule has 1 N–H and O–H groups in total. The number of rotatable bonds is 4. The molecule has 1 aliphatic heterocycles. The molecule has 112 valence electrons. The maximum absolute atomic E-state index is 12.1. The summed E-state index contributed by atoms with van der Waals surface area (Å²) in [5.41, 5.74) is 0. The average molecular weight is 306 g/mol. The SMILES string of the molecule is CCCN1CCN(Cc2ccc(C#CCO)s2)C(=O)C1=O. The third-order valence-corrected chi connectivity index (χ3v) is 4.18. The van der Waals surface area contributed by atoms with Crippen LogP contribution in [0, 0.1) is 11.8 Å². The van der Waals surface area contributed by atoms with Crippen molar-refractivity contribution in [1.82, 2.24) is 9.80 Å². The van der Waals surface area contributed by atoms with Gasteiger partial charge in [0, 0.05) is 24.5 Å². The van der Waals surface area contributed by atoms with Gasteiger partial charge in [0.05, 0.1) is 11.4 Å². The predicted octanol–water partition coefficient (Wildman–Crippen LogP) is 0.673. The molecule has 0 radical (unpaired) electrons. The van der Waals surface area contributed by atoms with Gasteiger partial charge in [0.2, 0.25) is 0 Å². The first kappa shape index (κ1) is 15.5. The van der Waals surface area contributed by atoms with Gasteiger partial charge in [-0.05, 0) is 18.6 Å². The Morgan fingerprint density at radius 3 is 2.67 bits per heavy atom. The Kier molecular flexibility index (Phi) is 5.37. The molecule has 0 aliphatic carbocycles. The molecule has 0 unspecified atom stereocenters. The minimum Gasteiger partial charge on any atom is -0.384 e. The molecule has 2 amide bonds. The molecule has 2 rings (SSSR count). The Bertz CT molecular complexity index is 585. The minimum absolute atomic E-state index is 0.167. The standard InChI is InChI=1S/C15H18N2O3S/c1-2-7-16-8-9-17(15(20)14(16)19)11-13-6-5-12(21-13)4-3-10-18/h5-6,18H,2,7-11H2,1H3. The van der Waals surface area contributed by atoms with Crippen molar-refractivity contribution in [1.29, 1.82) is 0 Å². The third-order valence-electron chi connectivity index (χ3n) is 3.19. The number of carbonyl (C=O) groups excluding carboxylic acids is 2. The van der Waals surface area contributed by atoms with Crippen LogP contribution in [0.25, 0.3) is 0 Å². The van der Waals surface area contributed by atoms with Gasteiger partial charge < -0.3 is 14.9 Å². The molecule has 1 aromatic heterocycles. The number of hydrogen-bond acceptors (Lipinski definition) is 4.